The van der Waals surface area contributed by atoms with E-state index in [1.165, 1.54) is 23.5 Å². The summed E-state index contributed by atoms with van der Waals surface area (Å²) in [6, 6.07) is 10.6. The second kappa shape index (κ2) is 6.20. The third-order valence-corrected chi connectivity index (χ3v) is 3.73. The molecule has 1 aromatic carbocycles. The van der Waals surface area contributed by atoms with Gasteiger partial charge in [0.2, 0.25) is 0 Å². The summed E-state index contributed by atoms with van der Waals surface area (Å²) in [7, 11) is 0. The van der Waals surface area contributed by atoms with E-state index in [0.29, 0.717) is 10.4 Å². The van der Waals surface area contributed by atoms with Crippen LogP contribution in [0.15, 0.2) is 41.8 Å². The first-order chi connectivity index (χ1) is 9.90. The Morgan fingerprint density at radius 3 is 2.33 bits per heavy atom. The Labute approximate surface area is 127 Å². The number of nitriles is 1. The molecule has 0 unspecified atom stereocenters. The highest BCUT2D eigenvalue weighted by Gasteiger charge is 2.31. The maximum Gasteiger partial charge on any atom is 0.573 e. The number of nitrogens with zero attached hydrogens (tertiary/aromatic N) is 1. The molecule has 2 aromatic rings. The lowest BCUT2D eigenvalue weighted by atomic mass is 10.1. The zero-order valence-electron chi connectivity index (χ0n) is 10.3. The molecule has 0 spiro atoms. The van der Waals surface area contributed by atoms with E-state index in [4.69, 9.17) is 11.6 Å². The standard InChI is InChI=1S/C14H7ClF3NOS/c15-13(11(8-19)12-2-1-7-21-12)9-3-5-10(6-4-9)20-14(16,17)18/h1-7H/b13-11+. The van der Waals surface area contributed by atoms with Crippen LogP contribution in [0, 0.1) is 11.3 Å². The molecule has 0 aliphatic rings. The van der Waals surface area contributed by atoms with Gasteiger partial charge in [-0.15, -0.1) is 24.5 Å². The van der Waals surface area contributed by atoms with E-state index < -0.39 is 6.36 Å². The lowest BCUT2D eigenvalue weighted by Gasteiger charge is -2.09. The van der Waals surface area contributed by atoms with E-state index in [0.717, 1.165) is 12.1 Å². The van der Waals surface area contributed by atoms with Crippen LogP contribution in [0.2, 0.25) is 0 Å². The zero-order valence-corrected chi connectivity index (χ0v) is 11.9. The fourth-order valence-corrected chi connectivity index (χ4v) is 2.63. The maximum absolute atomic E-state index is 12.1. The smallest absolute Gasteiger partial charge is 0.406 e. The molecule has 7 heteroatoms. The van der Waals surface area contributed by atoms with Gasteiger partial charge in [0.15, 0.2) is 0 Å². The van der Waals surface area contributed by atoms with E-state index in [9.17, 15) is 18.4 Å². The van der Waals surface area contributed by atoms with Crippen molar-refractivity contribution in [2.45, 2.75) is 6.36 Å². The van der Waals surface area contributed by atoms with Gasteiger partial charge in [0, 0.05) is 4.88 Å². The van der Waals surface area contributed by atoms with Crippen LogP contribution in [-0.4, -0.2) is 6.36 Å². The van der Waals surface area contributed by atoms with Crippen molar-refractivity contribution in [1.82, 2.24) is 0 Å². The van der Waals surface area contributed by atoms with Gasteiger partial charge in [-0.05, 0) is 41.3 Å². The second-order valence-corrected chi connectivity index (χ2v) is 5.18. The van der Waals surface area contributed by atoms with Gasteiger partial charge in [-0.25, -0.2) is 0 Å². The molecule has 21 heavy (non-hydrogen) atoms. The molecule has 0 amide bonds. The van der Waals surface area contributed by atoms with Gasteiger partial charge < -0.3 is 4.74 Å². The van der Waals surface area contributed by atoms with E-state index in [1.807, 2.05) is 6.07 Å². The van der Waals surface area contributed by atoms with Crippen molar-refractivity contribution >= 4 is 33.5 Å². The van der Waals surface area contributed by atoms with Crippen molar-refractivity contribution in [3.05, 3.63) is 52.2 Å². The highest BCUT2D eigenvalue weighted by atomic mass is 35.5. The highest BCUT2D eigenvalue weighted by Crippen LogP contribution is 2.33. The van der Waals surface area contributed by atoms with Crippen LogP contribution >= 0.6 is 22.9 Å². The van der Waals surface area contributed by atoms with Crippen molar-refractivity contribution < 1.29 is 17.9 Å². The summed E-state index contributed by atoms with van der Waals surface area (Å²) in [5, 5.41) is 11.2. The van der Waals surface area contributed by atoms with Crippen LogP contribution < -0.4 is 4.74 Å². The number of ether oxygens (including phenoxy) is 1. The summed E-state index contributed by atoms with van der Waals surface area (Å²) >= 11 is 7.50. The highest BCUT2D eigenvalue weighted by molar-refractivity contribution is 7.11. The van der Waals surface area contributed by atoms with Gasteiger partial charge in [0.05, 0.1) is 10.6 Å². The molecular weight excluding hydrogens is 323 g/mol. The summed E-state index contributed by atoms with van der Waals surface area (Å²) in [6.07, 6.45) is -4.74. The van der Waals surface area contributed by atoms with E-state index >= 15 is 0 Å². The monoisotopic (exact) mass is 329 g/mol. The first kappa shape index (κ1) is 15.4. The Morgan fingerprint density at radius 1 is 1.19 bits per heavy atom. The van der Waals surface area contributed by atoms with Crippen molar-refractivity contribution in [1.29, 1.82) is 5.26 Å². The second-order valence-electron chi connectivity index (χ2n) is 3.85. The van der Waals surface area contributed by atoms with Crippen LogP contribution in [0.4, 0.5) is 13.2 Å². The van der Waals surface area contributed by atoms with Crippen LogP contribution in [-0.2, 0) is 0 Å². The molecule has 1 heterocycles. The molecule has 108 valence electrons. The average Bonchev–Trinajstić information content (AvgIpc) is 2.92. The number of hydrogen-bond donors (Lipinski definition) is 0. The Bertz CT molecular complexity index is 684. The van der Waals surface area contributed by atoms with E-state index in [1.54, 1.807) is 17.5 Å². The molecule has 0 saturated heterocycles. The number of allylic oxidation sites excluding steroid dienone is 1. The summed E-state index contributed by atoms with van der Waals surface area (Å²) in [5.41, 5.74) is 0.715. The quantitative estimate of drug-likeness (QED) is 0.718. The lowest BCUT2D eigenvalue weighted by Crippen LogP contribution is -2.16. The Kier molecular flexibility index (Phi) is 4.56. The Balaban J connectivity index is 2.32. The molecule has 0 bridgehead atoms. The molecule has 2 nitrogen and oxygen atoms in total. The SMILES string of the molecule is N#C/C(=C(\Cl)c1ccc(OC(F)(F)F)cc1)c1cccs1. The van der Waals surface area contributed by atoms with Crippen molar-refractivity contribution in [3.8, 4) is 11.8 Å². The predicted octanol–water partition coefficient (Wildman–Crippen LogP) is 5.28. The molecule has 0 aliphatic heterocycles. The minimum Gasteiger partial charge on any atom is -0.406 e. The number of hydrogen-bond acceptors (Lipinski definition) is 3. The summed E-state index contributed by atoms with van der Waals surface area (Å²) in [5.74, 6) is -0.342. The van der Waals surface area contributed by atoms with Crippen LogP contribution in [0.1, 0.15) is 10.4 Å². The number of alkyl halides is 3. The lowest BCUT2D eigenvalue weighted by molar-refractivity contribution is -0.274. The van der Waals surface area contributed by atoms with Gasteiger partial charge in [-0.2, -0.15) is 5.26 Å². The molecule has 2 rings (SSSR count). The molecule has 0 atom stereocenters. The fraction of sp³-hybridized carbons (Fsp3) is 0.0714. The van der Waals surface area contributed by atoms with Crippen molar-refractivity contribution in [3.63, 3.8) is 0 Å². The minimum atomic E-state index is -4.74. The molecule has 0 saturated carbocycles. The summed E-state index contributed by atoms with van der Waals surface area (Å²) in [4.78, 5) is 0.693. The Morgan fingerprint density at radius 2 is 1.86 bits per heavy atom. The zero-order chi connectivity index (χ0) is 15.5. The number of thiophene rings is 1. The topological polar surface area (TPSA) is 33.0 Å². The van der Waals surface area contributed by atoms with Gasteiger partial charge in [0.25, 0.3) is 0 Å². The average molecular weight is 330 g/mol. The molecule has 0 fully saturated rings. The molecule has 0 aliphatic carbocycles. The number of rotatable bonds is 3. The van der Waals surface area contributed by atoms with Gasteiger partial charge >= 0.3 is 6.36 Å². The summed E-state index contributed by atoms with van der Waals surface area (Å²) in [6.45, 7) is 0. The van der Waals surface area contributed by atoms with Gasteiger partial charge in [-0.3, -0.25) is 0 Å². The fourth-order valence-electron chi connectivity index (χ4n) is 1.58. The predicted molar refractivity (Wildman–Crippen MR) is 75.7 cm³/mol. The molecular formula is C14H7ClF3NOS. The van der Waals surface area contributed by atoms with Crippen LogP contribution in [0.25, 0.3) is 10.6 Å². The van der Waals surface area contributed by atoms with Crippen molar-refractivity contribution in [2.24, 2.45) is 0 Å². The molecule has 0 radical (unpaired) electrons. The first-order valence-corrected chi connectivity index (χ1v) is 6.86. The van der Waals surface area contributed by atoms with E-state index in [-0.39, 0.29) is 16.4 Å². The number of halogens is 4. The van der Waals surface area contributed by atoms with Gasteiger partial charge in [0.1, 0.15) is 11.8 Å². The normalized spacial score (nSPS) is 12.5. The first-order valence-electron chi connectivity index (χ1n) is 5.60. The maximum atomic E-state index is 12.1. The third kappa shape index (κ3) is 4.00. The third-order valence-electron chi connectivity index (χ3n) is 2.44. The Hall–Kier alpha value is -1.97. The van der Waals surface area contributed by atoms with E-state index in [2.05, 4.69) is 4.74 Å². The minimum absolute atomic E-state index is 0.179. The van der Waals surface area contributed by atoms with Gasteiger partial charge in [-0.1, -0.05) is 17.7 Å². The summed E-state index contributed by atoms with van der Waals surface area (Å²) < 4.78 is 40.0. The largest absolute Gasteiger partial charge is 0.573 e. The van der Waals surface area contributed by atoms with Crippen LogP contribution in [0.5, 0.6) is 5.75 Å². The molecule has 1 aromatic heterocycles. The molecule has 0 N–H and O–H groups in total. The van der Waals surface area contributed by atoms with Crippen molar-refractivity contribution in [2.75, 3.05) is 0 Å². The number of benzene rings is 1. The van der Waals surface area contributed by atoms with Crippen LogP contribution in [0.3, 0.4) is 0 Å².